The Morgan fingerprint density at radius 2 is 1.85 bits per heavy atom. The number of anilines is 1. The van der Waals surface area contributed by atoms with Gasteiger partial charge < -0.3 is 10.6 Å². The molecule has 0 fully saturated rings. The number of alkyl halides is 3. The minimum Gasteiger partial charge on any atom is -0.359 e. The van der Waals surface area contributed by atoms with Gasteiger partial charge in [0.2, 0.25) is 0 Å². The number of allylic oxidation sites excluding steroid dienone is 2. The van der Waals surface area contributed by atoms with Crippen LogP contribution in [0.25, 0.3) is 0 Å². The Morgan fingerprint density at radius 3 is 2.58 bits per heavy atom. The molecule has 1 aliphatic heterocycles. The Kier molecular flexibility index (Phi) is 4.84. The van der Waals surface area contributed by atoms with E-state index >= 15 is 0 Å². The van der Waals surface area contributed by atoms with Gasteiger partial charge in [0, 0.05) is 22.5 Å². The van der Waals surface area contributed by atoms with Crippen molar-refractivity contribution in [2.24, 2.45) is 4.99 Å². The second-order valence-corrected chi connectivity index (χ2v) is 5.81. The third kappa shape index (κ3) is 3.64. The molecule has 26 heavy (non-hydrogen) atoms. The van der Waals surface area contributed by atoms with E-state index in [1.54, 1.807) is 12.1 Å². The number of para-hydroxylation sites is 1. The van der Waals surface area contributed by atoms with Crippen LogP contribution in [0.15, 0.2) is 78.0 Å². The molecule has 0 saturated carbocycles. The smallest absolute Gasteiger partial charge is 0.359 e. The summed E-state index contributed by atoms with van der Waals surface area (Å²) in [6.07, 6.45) is -1.72. The molecular weight excluding hydrogens is 339 g/mol. The van der Waals surface area contributed by atoms with Crippen molar-refractivity contribution in [3.63, 3.8) is 0 Å². The monoisotopic (exact) mass is 357 g/mol. The van der Waals surface area contributed by atoms with E-state index in [0.717, 1.165) is 11.6 Å². The molecule has 2 aromatic rings. The van der Waals surface area contributed by atoms with Crippen LogP contribution in [0.4, 0.5) is 18.9 Å². The van der Waals surface area contributed by atoms with Crippen LogP contribution < -0.4 is 10.6 Å². The molecule has 1 heterocycles. The molecule has 3 nitrogen and oxygen atoms in total. The van der Waals surface area contributed by atoms with E-state index in [9.17, 15) is 13.2 Å². The second kappa shape index (κ2) is 7.07. The molecule has 0 aromatic heterocycles. The fourth-order valence-corrected chi connectivity index (χ4v) is 2.83. The van der Waals surface area contributed by atoms with Crippen molar-refractivity contribution in [1.82, 2.24) is 5.32 Å². The minimum absolute atomic E-state index is 0.0745. The van der Waals surface area contributed by atoms with E-state index in [4.69, 9.17) is 0 Å². The molecule has 2 N–H and O–H groups in total. The van der Waals surface area contributed by atoms with Crippen LogP contribution in [0.3, 0.4) is 0 Å². The topological polar surface area (TPSA) is 36.4 Å². The zero-order chi connectivity index (χ0) is 18.7. The lowest BCUT2D eigenvalue weighted by Gasteiger charge is -2.28. The van der Waals surface area contributed by atoms with E-state index in [-0.39, 0.29) is 5.56 Å². The van der Waals surface area contributed by atoms with Crippen LogP contribution in [-0.4, -0.2) is 5.84 Å². The fourth-order valence-electron chi connectivity index (χ4n) is 2.83. The fraction of sp³-hybridized carbons (Fsp3) is 0.150. The molecule has 134 valence electrons. The quantitative estimate of drug-likeness (QED) is 0.736. The van der Waals surface area contributed by atoms with Gasteiger partial charge in [0.05, 0.1) is 5.56 Å². The van der Waals surface area contributed by atoms with E-state index in [1.807, 2.05) is 37.3 Å². The Hall–Kier alpha value is -3.02. The van der Waals surface area contributed by atoms with Crippen LogP contribution in [-0.2, 0) is 6.18 Å². The van der Waals surface area contributed by atoms with Crippen LogP contribution in [0.5, 0.6) is 0 Å². The van der Waals surface area contributed by atoms with Crippen LogP contribution >= 0.6 is 0 Å². The first-order chi connectivity index (χ1) is 12.4. The highest BCUT2D eigenvalue weighted by atomic mass is 19.4. The van der Waals surface area contributed by atoms with Crippen LogP contribution in [0.1, 0.15) is 29.8 Å². The van der Waals surface area contributed by atoms with Crippen molar-refractivity contribution < 1.29 is 13.2 Å². The number of nitrogens with one attached hydrogen (secondary N) is 2. The first kappa shape index (κ1) is 17.8. The maximum atomic E-state index is 13.4. The van der Waals surface area contributed by atoms with Crippen molar-refractivity contribution in [2.75, 3.05) is 5.32 Å². The predicted octanol–water partition coefficient (Wildman–Crippen LogP) is 5.26. The lowest BCUT2D eigenvalue weighted by molar-refractivity contribution is -0.138. The Bertz CT molecular complexity index is 882. The largest absolute Gasteiger partial charge is 0.416 e. The molecule has 0 radical (unpaired) electrons. The molecule has 2 aromatic carbocycles. The number of halogens is 3. The summed E-state index contributed by atoms with van der Waals surface area (Å²) in [6.45, 7) is 5.74. The van der Waals surface area contributed by atoms with Gasteiger partial charge >= 0.3 is 6.18 Å². The van der Waals surface area contributed by atoms with Gasteiger partial charge in [-0.3, -0.25) is 0 Å². The van der Waals surface area contributed by atoms with Crippen LogP contribution in [0, 0.1) is 0 Å². The SMILES string of the molecule is C=C(/C=C\C)NC1=NC(c2ccccc2C(F)(F)F)Nc2ccccc21. The van der Waals surface area contributed by atoms with E-state index in [2.05, 4.69) is 22.2 Å². The first-order valence-corrected chi connectivity index (χ1v) is 8.08. The molecule has 0 saturated heterocycles. The average Bonchev–Trinajstić information content (AvgIpc) is 2.61. The molecule has 0 aliphatic carbocycles. The van der Waals surface area contributed by atoms with E-state index in [1.165, 1.54) is 12.1 Å². The van der Waals surface area contributed by atoms with Crippen molar-refractivity contribution in [1.29, 1.82) is 0 Å². The molecule has 1 atom stereocenters. The van der Waals surface area contributed by atoms with Crippen molar-refractivity contribution in [2.45, 2.75) is 19.3 Å². The molecule has 0 spiro atoms. The highest BCUT2D eigenvalue weighted by Gasteiger charge is 2.36. The summed E-state index contributed by atoms with van der Waals surface area (Å²) in [5.74, 6) is 0.476. The standard InChI is InChI=1S/C20H18F3N3/c1-3-8-13(2)24-19-15-10-5-7-12-17(15)25-18(26-19)14-9-4-6-11-16(14)20(21,22)23/h3-12,18,25H,2H2,1H3,(H,24,26)/b8-3-. The highest BCUT2D eigenvalue weighted by molar-refractivity contribution is 6.05. The summed E-state index contributed by atoms with van der Waals surface area (Å²) in [5.41, 5.74) is 1.46. The Balaban J connectivity index is 2.06. The predicted molar refractivity (Wildman–Crippen MR) is 97.9 cm³/mol. The highest BCUT2D eigenvalue weighted by Crippen LogP contribution is 2.37. The third-order valence-electron chi connectivity index (χ3n) is 3.94. The van der Waals surface area contributed by atoms with E-state index < -0.39 is 17.9 Å². The van der Waals surface area contributed by atoms with Gasteiger partial charge in [-0.05, 0) is 31.2 Å². The zero-order valence-electron chi connectivity index (χ0n) is 14.1. The summed E-state index contributed by atoms with van der Waals surface area (Å²) in [5, 5.41) is 6.17. The van der Waals surface area contributed by atoms with Crippen molar-refractivity contribution in [3.05, 3.63) is 89.6 Å². The van der Waals surface area contributed by atoms with Crippen molar-refractivity contribution in [3.8, 4) is 0 Å². The average molecular weight is 357 g/mol. The van der Waals surface area contributed by atoms with Gasteiger partial charge in [-0.25, -0.2) is 4.99 Å². The number of hydrogen-bond acceptors (Lipinski definition) is 3. The normalized spacial score (nSPS) is 16.6. The molecule has 1 unspecified atom stereocenters. The second-order valence-electron chi connectivity index (χ2n) is 5.81. The number of hydrogen-bond donors (Lipinski definition) is 2. The number of rotatable bonds is 3. The van der Waals surface area contributed by atoms with Gasteiger partial charge in [-0.15, -0.1) is 0 Å². The van der Waals surface area contributed by atoms with Gasteiger partial charge in [-0.1, -0.05) is 43.0 Å². The molecule has 3 rings (SSSR count). The number of fused-ring (bicyclic) bond motifs is 1. The summed E-state index contributed by atoms with van der Waals surface area (Å²) >= 11 is 0. The molecule has 0 bridgehead atoms. The van der Waals surface area contributed by atoms with Crippen molar-refractivity contribution >= 4 is 11.5 Å². The van der Waals surface area contributed by atoms with Gasteiger partial charge in [0.15, 0.2) is 0 Å². The maximum Gasteiger partial charge on any atom is 0.416 e. The van der Waals surface area contributed by atoms with E-state index in [0.29, 0.717) is 17.2 Å². The molecule has 6 heteroatoms. The lowest BCUT2D eigenvalue weighted by atomic mass is 10.0. The maximum absolute atomic E-state index is 13.4. The lowest BCUT2D eigenvalue weighted by Crippen LogP contribution is -2.30. The van der Waals surface area contributed by atoms with Gasteiger partial charge in [-0.2, -0.15) is 13.2 Å². The van der Waals surface area contributed by atoms with Gasteiger partial charge in [0.1, 0.15) is 12.0 Å². The molecule has 0 amide bonds. The van der Waals surface area contributed by atoms with Gasteiger partial charge in [0.25, 0.3) is 0 Å². The summed E-state index contributed by atoms with van der Waals surface area (Å²) in [6, 6.07) is 12.8. The summed E-state index contributed by atoms with van der Waals surface area (Å²) in [7, 11) is 0. The number of benzene rings is 2. The third-order valence-corrected chi connectivity index (χ3v) is 3.94. The summed E-state index contributed by atoms with van der Waals surface area (Å²) in [4.78, 5) is 4.49. The number of nitrogens with zero attached hydrogens (tertiary/aromatic N) is 1. The Labute approximate surface area is 150 Å². The molecular formula is C20H18F3N3. The minimum atomic E-state index is -4.45. The zero-order valence-corrected chi connectivity index (χ0v) is 14.1. The number of amidine groups is 1. The first-order valence-electron chi connectivity index (χ1n) is 8.08. The number of aliphatic imine (C=N–C) groups is 1. The summed E-state index contributed by atoms with van der Waals surface area (Å²) < 4.78 is 40.2. The molecule has 1 aliphatic rings. The Morgan fingerprint density at radius 1 is 1.15 bits per heavy atom. The van der Waals surface area contributed by atoms with Crippen LogP contribution in [0.2, 0.25) is 0 Å².